The molecule has 3 unspecified atom stereocenters. The second-order valence-electron chi connectivity index (χ2n) is 23.2. The first kappa shape index (κ1) is 70.2. The Kier molecular flexibility index (Phi) is 53.5. The Morgan fingerprint density at radius 1 is 0.465 bits per heavy atom. The first-order valence-corrected chi connectivity index (χ1v) is 33.1. The maximum Gasteiger partial charge on any atom is 0.472 e. The predicted molar refractivity (Wildman–Crippen MR) is 309 cm³/mol. The summed E-state index contributed by atoms with van der Waals surface area (Å²) in [6.45, 7) is 4.88. The Hall–Kier alpha value is -0.760. The molecule has 1 amide bonds. The molecule has 9 heteroatoms. The number of nitrogens with one attached hydrogen (secondary N) is 1. The van der Waals surface area contributed by atoms with Crippen molar-refractivity contribution in [3.8, 4) is 0 Å². The fraction of sp³-hybridized carbons (Fsp3) is 0.952. The second-order valence-corrected chi connectivity index (χ2v) is 24.6. The van der Waals surface area contributed by atoms with Crippen LogP contribution >= 0.6 is 7.82 Å². The molecule has 71 heavy (non-hydrogen) atoms. The van der Waals surface area contributed by atoms with Crippen LogP contribution in [-0.4, -0.2) is 73.4 Å². The standard InChI is InChI=1S/C62H125N2O6P/c1-6-8-10-12-14-16-18-20-22-24-26-28-30-31-32-33-34-36-38-40-42-44-46-48-50-52-54-56-62(66)63-60(59-70-71(67,68)69-58-57-64(3,4)5)61(65)55-53-51-49-47-45-43-41-39-37-35-29-27-25-23-21-19-17-15-13-11-9-7-2/h53,55,60-61,65H,6-52,54,56-59H2,1-5H3,(H-,63,66,67,68)/p+1/b55-53+. The lowest BCUT2D eigenvalue weighted by Gasteiger charge is -2.25. The van der Waals surface area contributed by atoms with Gasteiger partial charge >= 0.3 is 7.82 Å². The van der Waals surface area contributed by atoms with Crippen molar-refractivity contribution in [3.05, 3.63) is 12.2 Å². The molecule has 0 bridgehead atoms. The molecule has 0 saturated carbocycles. The number of quaternary nitrogens is 1. The number of allylic oxidation sites excluding steroid dienone is 1. The summed E-state index contributed by atoms with van der Waals surface area (Å²) >= 11 is 0. The van der Waals surface area contributed by atoms with Crippen LogP contribution in [0.3, 0.4) is 0 Å². The number of likely N-dealkylation sites (N-methyl/N-ethyl adjacent to an activating group) is 1. The van der Waals surface area contributed by atoms with E-state index in [1.807, 2.05) is 27.2 Å². The lowest BCUT2D eigenvalue weighted by molar-refractivity contribution is -0.870. The lowest BCUT2D eigenvalue weighted by atomic mass is 10.0. The van der Waals surface area contributed by atoms with E-state index in [-0.39, 0.29) is 19.1 Å². The molecule has 424 valence electrons. The van der Waals surface area contributed by atoms with Gasteiger partial charge in [-0.2, -0.15) is 0 Å². The minimum Gasteiger partial charge on any atom is -0.387 e. The molecule has 3 N–H and O–H groups in total. The summed E-state index contributed by atoms with van der Waals surface area (Å²) < 4.78 is 23.8. The second kappa shape index (κ2) is 54.0. The Morgan fingerprint density at radius 2 is 0.746 bits per heavy atom. The van der Waals surface area contributed by atoms with E-state index in [1.165, 1.54) is 276 Å². The highest BCUT2D eigenvalue weighted by Crippen LogP contribution is 2.43. The van der Waals surface area contributed by atoms with Gasteiger partial charge in [-0.05, 0) is 19.3 Å². The Labute approximate surface area is 443 Å². The molecular formula is C62H126N2O6P+. The molecule has 0 spiro atoms. The molecule has 8 nitrogen and oxygen atoms in total. The Bertz CT molecular complexity index is 1160. The van der Waals surface area contributed by atoms with Gasteiger partial charge in [0.15, 0.2) is 0 Å². The summed E-state index contributed by atoms with van der Waals surface area (Å²) in [6.07, 6.45) is 67.6. The zero-order valence-corrected chi connectivity index (χ0v) is 49.4. The van der Waals surface area contributed by atoms with Gasteiger partial charge in [0.1, 0.15) is 13.2 Å². The van der Waals surface area contributed by atoms with E-state index in [1.54, 1.807) is 6.08 Å². The topological polar surface area (TPSA) is 105 Å². The van der Waals surface area contributed by atoms with E-state index in [0.717, 1.165) is 32.1 Å². The highest BCUT2D eigenvalue weighted by Gasteiger charge is 2.28. The van der Waals surface area contributed by atoms with Crippen LogP contribution in [0, 0.1) is 0 Å². The monoisotopic (exact) mass is 1030 g/mol. The number of aliphatic hydroxyl groups is 1. The number of phosphoric acid groups is 1. The normalized spacial score (nSPS) is 13.8. The first-order valence-electron chi connectivity index (χ1n) is 31.6. The van der Waals surface area contributed by atoms with Crippen LogP contribution in [0.25, 0.3) is 0 Å². The van der Waals surface area contributed by atoms with Crippen molar-refractivity contribution in [1.82, 2.24) is 5.32 Å². The van der Waals surface area contributed by atoms with Crippen molar-refractivity contribution < 1.29 is 32.9 Å². The average Bonchev–Trinajstić information content (AvgIpc) is 3.33. The molecule has 0 rings (SSSR count). The molecule has 0 radical (unpaired) electrons. The van der Waals surface area contributed by atoms with E-state index in [4.69, 9.17) is 9.05 Å². The van der Waals surface area contributed by atoms with E-state index in [0.29, 0.717) is 17.4 Å². The van der Waals surface area contributed by atoms with Crippen molar-refractivity contribution in [2.45, 2.75) is 341 Å². The summed E-state index contributed by atoms with van der Waals surface area (Å²) in [6, 6.07) is -0.843. The SMILES string of the molecule is CCCCCCCCCCCCCCCCCCCCCC/C=C/C(O)C(COP(=O)(O)OCC[N+](C)(C)C)NC(=O)CCCCCCCCCCCCCCCCCCCCCCCCCCCCC. The fourth-order valence-electron chi connectivity index (χ4n) is 9.81. The number of hydrogen-bond donors (Lipinski definition) is 3. The molecule has 0 fully saturated rings. The molecule has 3 atom stereocenters. The van der Waals surface area contributed by atoms with Gasteiger partial charge < -0.3 is 19.8 Å². The maximum atomic E-state index is 13.0. The van der Waals surface area contributed by atoms with Gasteiger partial charge in [-0.3, -0.25) is 13.8 Å². The number of amides is 1. The van der Waals surface area contributed by atoms with Gasteiger partial charge in [-0.15, -0.1) is 0 Å². The summed E-state index contributed by atoms with van der Waals surface area (Å²) in [7, 11) is 1.59. The van der Waals surface area contributed by atoms with Gasteiger partial charge in [0.2, 0.25) is 5.91 Å². The van der Waals surface area contributed by atoms with Crippen molar-refractivity contribution >= 4 is 13.7 Å². The van der Waals surface area contributed by atoms with Crippen molar-refractivity contribution in [1.29, 1.82) is 0 Å². The molecule has 0 aliphatic heterocycles. The number of nitrogens with zero attached hydrogens (tertiary/aromatic N) is 1. The summed E-state index contributed by atoms with van der Waals surface area (Å²) in [5.74, 6) is -0.168. The van der Waals surface area contributed by atoms with Crippen LogP contribution in [0.4, 0.5) is 0 Å². The number of phosphoric ester groups is 1. The molecule has 0 heterocycles. The molecule has 0 aliphatic carbocycles. The summed E-state index contributed by atoms with van der Waals surface area (Å²) in [4.78, 5) is 23.4. The number of aliphatic hydroxyl groups excluding tert-OH is 1. The highest BCUT2D eigenvalue weighted by atomic mass is 31.2. The van der Waals surface area contributed by atoms with Crippen LogP contribution in [0.2, 0.25) is 0 Å². The Balaban J connectivity index is 4.10. The molecule has 0 aliphatic rings. The van der Waals surface area contributed by atoms with E-state index in [2.05, 4.69) is 19.2 Å². The number of carbonyl (C=O) groups excluding carboxylic acids is 1. The minimum atomic E-state index is -4.34. The third-order valence-corrected chi connectivity index (χ3v) is 15.7. The van der Waals surface area contributed by atoms with E-state index < -0.39 is 20.0 Å². The first-order chi connectivity index (χ1) is 34.5. The van der Waals surface area contributed by atoms with E-state index >= 15 is 0 Å². The zero-order chi connectivity index (χ0) is 52.0. The fourth-order valence-corrected chi connectivity index (χ4v) is 10.5. The van der Waals surface area contributed by atoms with Crippen LogP contribution in [-0.2, 0) is 18.4 Å². The van der Waals surface area contributed by atoms with E-state index in [9.17, 15) is 19.4 Å². The molecule has 0 aromatic rings. The van der Waals surface area contributed by atoms with Crippen LogP contribution in [0.5, 0.6) is 0 Å². The number of carbonyl (C=O) groups is 1. The number of hydrogen-bond acceptors (Lipinski definition) is 5. The summed E-state index contributed by atoms with van der Waals surface area (Å²) in [5.41, 5.74) is 0. The number of unbranched alkanes of at least 4 members (excludes halogenated alkanes) is 46. The van der Waals surface area contributed by atoms with Crippen molar-refractivity contribution in [2.24, 2.45) is 0 Å². The quantitative estimate of drug-likeness (QED) is 0.0243. The molecule has 0 aromatic heterocycles. The molecule has 0 saturated heterocycles. The van der Waals surface area contributed by atoms with Gasteiger partial charge in [-0.25, -0.2) is 4.57 Å². The van der Waals surface area contributed by atoms with Crippen LogP contribution < -0.4 is 5.32 Å². The molecular weight excluding hydrogens is 900 g/mol. The third kappa shape index (κ3) is 56.8. The largest absolute Gasteiger partial charge is 0.472 e. The zero-order valence-electron chi connectivity index (χ0n) is 48.5. The average molecular weight is 1030 g/mol. The van der Waals surface area contributed by atoms with Crippen LogP contribution in [0.1, 0.15) is 328 Å². The number of rotatable bonds is 59. The lowest BCUT2D eigenvalue weighted by Crippen LogP contribution is -2.45. The predicted octanol–water partition coefficient (Wildman–Crippen LogP) is 19.4. The minimum absolute atomic E-state index is 0.0653. The highest BCUT2D eigenvalue weighted by molar-refractivity contribution is 7.47. The van der Waals surface area contributed by atoms with Gasteiger partial charge in [0, 0.05) is 6.42 Å². The Morgan fingerprint density at radius 3 is 1.04 bits per heavy atom. The van der Waals surface area contributed by atoms with Gasteiger partial charge in [-0.1, -0.05) is 315 Å². The molecule has 0 aromatic carbocycles. The van der Waals surface area contributed by atoms with Crippen LogP contribution in [0.15, 0.2) is 12.2 Å². The van der Waals surface area contributed by atoms with Crippen molar-refractivity contribution in [2.75, 3.05) is 40.9 Å². The van der Waals surface area contributed by atoms with Gasteiger partial charge in [0.05, 0.1) is 39.9 Å². The third-order valence-electron chi connectivity index (χ3n) is 14.8. The smallest absolute Gasteiger partial charge is 0.387 e. The van der Waals surface area contributed by atoms with Crippen molar-refractivity contribution in [3.63, 3.8) is 0 Å². The van der Waals surface area contributed by atoms with Gasteiger partial charge in [0.25, 0.3) is 0 Å². The summed E-state index contributed by atoms with van der Waals surface area (Å²) in [5, 5.41) is 14.0. The maximum absolute atomic E-state index is 13.0.